The molecule has 2 amide bonds. The van der Waals surface area contributed by atoms with E-state index in [9.17, 15) is 9.59 Å². The number of hydrogen-bond donors (Lipinski definition) is 1. The third-order valence-electron chi connectivity index (χ3n) is 3.49. The molecule has 0 aliphatic rings. The van der Waals surface area contributed by atoms with E-state index in [2.05, 4.69) is 21.2 Å². The zero-order valence-electron chi connectivity index (χ0n) is 13.6. The normalized spacial score (nSPS) is 10.1. The summed E-state index contributed by atoms with van der Waals surface area (Å²) in [6.45, 7) is 2.26. The van der Waals surface area contributed by atoms with Crippen LogP contribution in [0.3, 0.4) is 0 Å². The van der Waals surface area contributed by atoms with Crippen molar-refractivity contribution in [2.45, 2.75) is 6.92 Å². The lowest BCUT2D eigenvalue weighted by Gasteiger charge is -2.21. The molecule has 0 atom stereocenters. The van der Waals surface area contributed by atoms with Gasteiger partial charge in [-0.25, -0.2) is 0 Å². The van der Waals surface area contributed by atoms with Crippen LogP contribution in [0.4, 0.5) is 5.69 Å². The van der Waals surface area contributed by atoms with Crippen molar-refractivity contribution in [2.24, 2.45) is 0 Å². The Bertz CT molecular complexity index is 699. The number of anilines is 1. The summed E-state index contributed by atoms with van der Waals surface area (Å²) >= 11 is 3.33. The average Bonchev–Trinajstić information content (AvgIpc) is 2.59. The quantitative estimate of drug-likeness (QED) is 0.823. The van der Waals surface area contributed by atoms with Crippen LogP contribution in [0.15, 0.2) is 53.0 Å². The highest BCUT2D eigenvalue weighted by Crippen LogP contribution is 2.19. The SMILES string of the molecule is COc1ccc(N(CCNC(=O)c2ccc(Br)cc2)C(C)=O)cc1. The number of carbonyl (C=O) groups is 2. The van der Waals surface area contributed by atoms with Crippen molar-refractivity contribution in [3.8, 4) is 5.75 Å². The van der Waals surface area contributed by atoms with Gasteiger partial charge in [-0.05, 0) is 48.5 Å². The van der Waals surface area contributed by atoms with E-state index < -0.39 is 0 Å². The number of halogens is 1. The summed E-state index contributed by atoms with van der Waals surface area (Å²) in [5, 5.41) is 2.82. The topological polar surface area (TPSA) is 58.6 Å². The van der Waals surface area contributed by atoms with Crippen LogP contribution in [0.2, 0.25) is 0 Å². The number of carbonyl (C=O) groups excluding carboxylic acids is 2. The summed E-state index contributed by atoms with van der Waals surface area (Å²) in [4.78, 5) is 25.6. The van der Waals surface area contributed by atoms with E-state index in [-0.39, 0.29) is 11.8 Å². The zero-order chi connectivity index (χ0) is 17.5. The smallest absolute Gasteiger partial charge is 0.251 e. The average molecular weight is 391 g/mol. The maximum atomic E-state index is 12.1. The molecule has 2 aromatic rings. The van der Waals surface area contributed by atoms with Crippen molar-refractivity contribution in [1.29, 1.82) is 0 Å². The molecule has 0 spiro atoms. The van der Waals surface area contributed by atoms with E-state index in [4.69, 9.17) is 4.74 Å². The molecular formula is C18H19BrN2O3. The van der Waals surface area contributed by atoms with Gasteiger partial charge in [0.15, 0.2) is 0 Å². The van der Waals surface area contributed by atoms with Gasteiger partial charge >= 0.3 is 0 Å². The predicted molar refractivity (Wildman–Crippen MR) is 97.5 cm³/mol. The number of benzene rings is 2. The number of nitrogens with one attached hydrogen (secondary N) is 1. The van der Waals surface area contributed by atoms with Gasteiger partial charge in [-0.3, -0.25) is 9.59 Å². The third-order valence-corrected chi connectivity index (χ3v) is 4.02. The Balaban J connectivity index is 1.95. The van der Waals surface area contributed by atoms with E-state index in [1.807, 2.05) is 24.3 Å². The van der Waals surface area contributed by atoms with Gasteiger partial charge in [0, 0.05) is 35.7 Å². The summed E-state index contributed by atoms with van der Waals surface area (Å²) in [5.74, 6) is 0.476. The van der Waals surface area contributed by atoms with E-state index in [1.165, 1.54) is 6.92 Å². The molecule has 0 aromatic heterocycles. The maximum Gasteiger partial charge on any atom is 0.251 e. The van der Waals surface area contributed by atoms with Crippen LogP contribution in [0, 0.1) is 0 Å². The largest absolute Gasteiger partial charge is 0.497 e. The van der Waals surface area contributed by atoms with Crippen LogP contribution in [-0.2, 0) is 4.79 Å². The molecule has 1 N–H and O–H groups in total. The number of methoxy groups -OCH3 is 1. The van der Waals surface area contributed by atoms with Crippen LogP contribution in [0.25, 0.3) is 0 Å². The van der Waals surface area contributed by atoms with Crippen molar-refractivity contribution in [3.05, 3.63) is 58.6 Å². The van der Waals surface area contributed by atoms with Crippen LogP contribution < -0.4 is 15.0 Å². The highest BCUT2D eigenvalue weighted by Gasteiger charge is 2.12. The minimum Gasteiger partial charge on any atom is -0.497 e. The number of nitrogens with zero attached hydrogens (tertiary/aromatic N) is 1. The molecule has 2 aromatic carbocycles. The van der Waals surface area contributed by atoms with Gasteiger partial charge in [0.2, 0.25) is 5.91 Å². The Labute approximate surface area is 149 Å². The molecule has 2 rings (SSSR count). The molecule has 5 nitrogen and oxygen atoms in total. The van der Waals surface area contributed by atoms with Crippen LogP contribution in [0.1, 0.15) is 17.3 Å². The van der Waals surface area contributed by atoms with Crippen molar-refractivity contribution >= 4 is 33.4 Å². The van der Waals surface area contributed by atoms with Gasteiger partial charge in [0.05, 0.1) is 7.11 Å². The molecule has 0 heterocycles. The Morgan fingerprint density at radius 2 is 1.71 bits per heavy atom. The fourth-order valence-corrected chi connectivity index (χ4v) is 2.48. The van der Waals surface area contributed by atoms with Gasteiger partial charge in [-0.1, -0.05) is 15.9 Å². The molecular weight excluding hydrogens is 372 g/mol. The Hall–Kier alpha value is -2.34. The molecule has 0 aliphatic carbocycles. The lowest BCUT2D eigenvalue weighted by molar-refractivity contribution is -0.116. The molecule has 0 saturated heterocycles. The molecule has 6 heteroatoms. The summed E-state index contributed by atoms with van der Waals surface area (Å²) in [7, 11) is 1.59. The van der Waals surface area contributed by atoms with E-state index >= 15 is 0 Å². The summed E-state index contributed by atoms with van der Waals surface area (Å²) in [5.41, 5.74) is 1.35. The fraction of sp³-hybridized carbons (Fsp3) is 0.222. The zero-order valence-corrected chi connectivity index (χ0v) is 15.2. The molecule has 0 fully saturated rings. The molecule has 0 bridgehead atoms. The van der Waals surface area contributed by atoms with Crippen LogP contribution >= 0.6 is 15.9 Å². The minimum atomic E-state index is -0.166. The first-order valence-corrected chi connectivity index (χ1v) is 8.26. The molecule has 0 saturated carbocycles. The van der Waals surface area contributed by atoms with Gasteiger partial charge in [0.25, 0.3) is 5.91 Å². The standard InChI is InChI=1S/C18H19BrN2O3/c1-13(22)21(16-7-9-17(24-2)10-8-16)12-11-20-18(23)14-3-5-15(19)6-4-14/h3-10H,11-12H2,1-2H3,(H,20,23). The number of amides is 2. The Morgan fingerprint density at radius 3 is 2.25 bits per heavy atom. The van der Waals surface area contributed by atoms with Crippen molar-refractivity contribution in [1.82, 2.24) is 5.32 Å². The van der Waals surface area contributed by atoms with Gasteiger partial charge < -0.3 is 15.0 Å². The Morgan fingerprint density at radius 1 is 1.08 bits per heavy atom. The van der Waals surface area contributed by atoms with E-state index in [1.54, 1.807) is 36.3 Å². The second-order valence-corrected chi connectivity index (χ2v) is 6.05. The van der Waals surface area contributed by atoms with Gasteiger partial charge in [-0.2, -0.15) is 0 Å². The lowest BCUT2D eigenvalue weighted by Crippen LogP contribution is -2.37. The number of ether oxygens (including phenoxy) is 1. The first-order valence-electron chi connectivity index (χ1n) is 7.47. The molecule has 0 unspecified atom stereocenters. The highest BCUT2D eigenvalue weighted by molar-refractivity contribution is 9.10. The predicted octanol–water partition coefficient (Wildman–Crippen LogP) is 3.24. The second-order valence-electron chi connectivity index (χ2n) is 5.13. The minimum absolute atomic E-state index is 0.0851. The van der Waals surface area contributed by atoms with E-state index in [0.717, 1.165) is 15.9 Å². The number of rotatable bonds is 6. The summed E-state index contributed by atoms with van der Waals surface area (Å²) < 4.78 is 6.03. The Kier molecular flexibility index (Phi) is 6.37. The second kappa shape index (κ2) is 8.49. The van der Waals surface area contributed by atoms with E-state index in [0.29, 0.717) is 18.7 Å². The third kappa shape index (κ3) is 4.83. The van der Waals surface area contributed by atoms with Crippen molar-refractivity contribution in [2.75, 3.05) is 25.1 Å². The molecule has 126 valence electrons. The van der Waals surface area contributed by atoms with Gasteiger partial charge in [0.1, 0.15) is 5.75 Å². The molecule has 0 radical (unpaired) electrons. The first-order chi connectivity index (χ1) is 11.5. The first kappa shape index (κ1) is 18.0. The fourth-order valence-electron chi connectivity index (χ4n) is 2.22. The monoisotopic (exact) mass is 390 g/mol. The molecule has 0 aliphatic heterocycles. The summed E-state index contributed by atoms with van der Waals surface area (Å²) in [6.07, 6.45) is 0. The maximum absolute atomic E-state index is 12.1. The van der Waals surface area contributed by atoms with Crippen LogP contribution in [0.5, 0.6) is 5.75 Å². The molecule has 24 heavy (non-hydrogen) atoms. The number of hydrogen-bond acceptors (Lipinski definition) is 3. The van der Waals surface area contributed by atoms with Crippen molar-refractivity contribution in [3.63, 3.8) is 0 Å². The highest BCUT2D eigenvalue weighted by atomic mass is 79.9. The van der Waals surface area contributed by atoms with Crippen molar-refractivity contribution < 1.29 is 14.3 Å². The van der Waals surface area contributed by atoms with Crippen LogP contribution in [-0.4, -0.2) is 32.0 Å². The lowest BCUT2D eigenvalue weighted by atomic mass is 10.2. The summed E-state index contributed by atoms with van der Waals surface area (Å²) in [6, 6.07) is 14.3. The van der Waals surface area contributed by atoms with Gasteiger partial charge in [-0.15, -0.1) is 0 Å².